The highest BCUT2D eigenvalue weighted by atomic mass is 19.2. The predicted octanol–water partition coefficient (Wildman–Crippen LogP) is 3.28. The highest BCUT2D eigenvalue weighted by molar-refractivity contribution is 6.00. The molecule has 4 rings (SSSR count). The molecule has 9 heteroatoms. The van der Waals surface area contributed by atoms with Crippen LogP contribution in [0.5, 0.6) is 0 Å². The third-order valence-corrected chi connectivity index (χ3v) is 6.48. The van der Waals surface area contributed by atoms with Crippen LogP contribution in [0.1, 0.15) is 36.8 Å². The van der Waals surface area contributed by atoms with E-state index >= 15 is 0 Å². The number of hydrogen-bond acceptors (Lipinski definition) is 4. The van der Waals surface area contributed by atoms with Gasteiger partial charge in [0.25, 0.3) is 0 Å². The average Bonchev–Trinajstić information content (AvgIpc) is 2.94. The number of nitrogens with two attached hydrogens (primary N) is 2. The molecule has 0 bridgehead atoms. The van der Waals surface area contributed by atoms with E-state index in [-0.39, 0.29) is 24.3 Å². The standard InChI is InChI=1S/C24H28F3N5O/c25-19-13-21(27)20(26)11-17(19)10-18(28)12-23(33)31-8-9-32(24(30-29)15-5-3-6-15)22-7-2-1-4-16(22)14-31/h1-2,4,7,11,13,15,18H,3,5-6,8-10,12,14,28-29H2/b30-24-. The number of anilines is 1. The molecule has 33 heavy (non-hydrogen) atoms. The molecule has 1 amide bonds. The summed E-state index contributed by atoms with van der Waals surface area (Å²) in [5, 5.41) is 4.09. The molecule has 1 unspecified atom stereocenters. The van der Waals surface area contributed by atoms with Gasteiger partial charge in [-0.2, -0.15) is 5.10 Å². The van der Waals surface area contributed by atoms with Gasteiger partial charge >= 0.3 is 0 Å². The van der Waals surface area contributed by atoms with Crippen LogP contribution in [0.2, 0.25) is 0 Å². The van der Waals surface area contributed by atoms with Crippen LogP contribution in [-0.4, -0.2) is 35.8 Å². The zero-order chi connectivity index (χ0) is 23.5. The van der Waals surface area contributed by atoms with E-state index in [9.17, 15) is 18.0 Å². The summed E-state index contributed by atoms with van der Waals surface area (Å²) in [7, 11) is 0. The number of hydrazone groups is 1. The summed E-state index contributed by atoms with van der Waals surface area (Å²) in [6.07, 6.45) is 3.14. The first-order chi connectivity index (χ1) is 15.9. The number of amides is 1. The number of carbonyl (C=O) groups is 1. The minimum Gasteiger partial charge on any atom is -0.336 e. The van der Waals surface area contributed by atoms with Crippen molar-refractivity contribution in [1.82, 2.24) is 4.90 Å². The van der Waals surface area contributed by atoms with Crippen molar-refractivity contribution in [2.24, 2.45) is 22.6 Å². The maximum absolute atomic E-state index is 14.0. The second kappa shape index (κ2) is 9.82. The molecule has 2 aromatic carbocycles. The van der Waals surface area contributed by atoms with Crippen molar-refractivity contribution in [2.45, 2.75) is 44.7 Å². The Bertz CT molecular complexity index is 1060. The van der Waals surface area contributed by atoms with Crippen LogP contribution in [0, 0.1) is 23.4 Å². The maximum Gasteiger partial charge on any atom is 0.224 e. The second-order valence-electron chi connectivity index (χ2n) is 8.74. The van der Waals surface area contributed by atoms with Crippen molar-refractivity contribution in [2.75, 3.05) is 18.0 Å². The van der Waals surface area contributed by atoms with Crippen LogP contribution in [-0.2, 0) is 17.8 Å². The molecule has 2 aromatic rings. The van der Waals surface area contributed by atoms with Crippen molar-refractivity contribution in [3.8, 4) is 0 Å². The molecule has 1 aliphatic heterocycles. The van der Waals surface area contributed by atoms with Crippen LogP contribution in [0.4, 0.5) is 18.9 Å². The molecule has 1 atom stereocenters. The lowest BCUT2D eigenvalue weighted by Crippen LogP contribution is -2.43. The van der Waals surface area contributed by atoms with Gasteiger partial charge in [-0.25, -0.2) is 13.2 Å². The number of rotatable bonds is 5. The number of benzene rings is 2. The Morgan fingerprint density at radius 1 is 1.09 bits per heavy atom. The molecule has 2 aliphatic rings. The zero-order valence-corrected chi connectivity index (χ0v) is 18.3. The summed E-state index contributed by atoms with van der Waals surface area (Å²) in [4.78, 5) is 16.9. The molecular formula is C24H28F3N5O. The lowest BCUT2D eigenvalue weighted by molar-refractivity contribution is -0.132. The number of carbonyl (C=O) groups excluding carboxylic acids is 1. The van der Waals surface area contributed by atoms with Crippen molar-refractivity contribution in [3.05, 3.63) is 65.0 Å². The Kier molecular flexibility index (Phi) is 6.88. The van der Waals surface area contributed by atoms with E-state index in [0.717, 1.165) is 42.4 Å². The van der Waals surface area contributed by atoms with Gasteiger partial charge in [-0.05, 0) is 42.5 Å². The minimum absolute atomic E-state index is 0.0406. The van der Waals surface area contributed by atoms with Gasteiger partial charge in [-0.1, -0.05) is 24.6 Å². The lowest BCUT2D eigenvalue weighted by Gasteiger charge is -2.34. The average molecular weight is 460 g/mol. The number of para-hydroxylation sites is 1. The van der Waals surface area contributed by atoms with E-state index < -0.39 is 23.5 Å². The Morgan fingerprint density at radius 2 is 1.82 bits per heavy atom. The van der Waals surface area contributed by atoms with Crippen LogP contribution in [0.3, 0.4) is 0 Å². The second-order valence-corrected chi connectivity index (χ2v) is 8.74. The van der Waals surface area contributed by atoms with Gasteiger partial charge in [0.1, 0.15) is 11.7 Å². The number of halogens is 3. The molecule has 1 saturated carbocycles. The summed E-state index contributed by atoms with van der Waals surface area (Å²) >= 11 is 0. The smallest absolute Gasteiger partial charge is 0.224 e. The molecule has 0 spiro atoms. The van der Waals surface area contributed by atoms with Crippen molar-refractivity contribution in [3.63, 3.8) is 0 Å². The first kappa shape index (κ1) is 23.1. The largest absolute Gasteiger partial charge is 0.336 e. The fourth-order valence-corrected chi connectivity index (χ4v) is 4.47. The van der Waals surface area contributed by atoms with Crippen molar-refractivity contribution < 1.29 is 18.0 Å². The van der Waals surface area contributed by atoms with Crippen molar-refractivity contribution >= 4 is 17.4 Å². The number of amidine groups is 1. The minimum atomic E-state index is -1.25. The third-order valence-electron chi connectivity index (χ3n) is 6.48. The number of nitrogens with zero attached hydrogens (tertiary/aromatic N) is 3. The Labute approximate surface area is 191 Å². The topological polar surface area (TPSA) is 88.0 Å². The van der Waals surface area contributed by atoms with Gasteiger partial charge < -0.3 is 21.4 Å². The number of hydrogen-bond donors (Lipinski definition) is 2. The van der Waals surface area contributed by atoms with E-state index in [0.29, 0.717) is 31.6 Å². The van der Waals surface area contributed by atoms with Crippen LogP contribution in [0.25, 0.3) is 0 Å². The quantitative estimate of drug-likeness (QED) is 0.236. The number of fused-ring (bicyclic) bond motifs is 1. The van der Waals surface area contributed by atoms with Crippen LogP contribution in [0.15, 0.2) is 41.5 Å². The Morgan fingerprint density at radius 3 is 2.52 bits per heavy atom. The summed E-state index contributed by atoms with van der Waals surface area (Å²) in [6.45, 7) is 1.40. The zero-order valence-electron chi connectivity index (χ0n) is 18.3. The van der Waals surface area contributed by atoms with E-state index in [4.69, 9.17) is 11.6 Å². The molecule has 0 radical (unpaired) electrons. The fraction of sp³-hybridized carbons (Fsp3) is 0.417. The maximum atomic E-state index is 14.0. The first-order valence-electron chi connectivity index (χ1n) is 11.2. The van der Waals surface area contributed by atoms with E-state index in [1.165, 1.54) is 0 Å². The summed E-state index contributed by atoms with van der Waals surface area (Å²) in [5.41, 5.74) is 8.00. The van der Waals surface area contributed by atoms with Gasteiger partial charge in [0, 0.05) is 49.8 Å². The molecule has 0 saturated heterocycles. The summed E-state index contributed by atoms with van der Waals surface area (Å²) < 4.78 is 40.6. The van der Waals surface area contributed by atoms with E-state index in [2.05, 4.69) is 10.0 Å². The van der Waals surface area contributed by atoms with E-state index in [1.54, 1.807) is 4.90 Å². The highest BCUT2D eigenvalue weighted by Gasteiger charge is 2.32. The molecule has 176 valence electrons. The Hall–Kier alpha value is -3.07. The van der Waals surface area contributed by atoms with Gasteiger partial charge in [0.2, 0.25) is 5.91 Å². The SMILES string of the molecule is N/N=C(/C1CCC1)N1CCN(C(=O)CC(N)Cc2cc(F)c(F)cc2F)Cc2ccccc21. The predicted molar refractivity (Wildman–Crippen MR) is 121 cm³/mol. The van der Waals surface area contributed by atoms with E-state index in [1.807, 2.05) is 24.3 Å². The third kappa shape index (κ3) is 4.98. The van der Waals surface area contributed by atoms with Crippen molar-refractivity contribution in [1.29, 1.82) is 0 Å². The molecular weight excluding hydrogens is 431 g/mol. The van der Waals surface area contributed by atoms with Gasteiger partial charge in [-0.3, -0.25) is 4.79 Å². The van der Waals surface area contributed by atoms with Gasteiger partial charge in [0.15, 0.2) is 11.6 Å². The van der Waals surface area contributed by atoms with Crippen LogP contribution >= 0.6 is 0 Å². The molecule has 4 N–H and O–H groups in total. The lowest BCUT2D eigenvalue weighted by atomic mass is 9.83. The molecule has 0 aromatic heterocycles. The molecule has 1 fully saturated rings. The normalized spacial score (nSPS) is 17.9. The Balaban J connectivity index is 1.46. The molecule has 1 heterocycles. The highest BCUT2D eigenvalue weighted by Crippen LogP contribution is 2.33. The molecule has 1 aliphatic carbocycles. The van der Waals surface area contributed by atoms with Crippen LogP contribution < -0.4 is 16.5 Å². The first-order valence-corrected chi connectivity index (χ1v) is 11.2. The van der Waals surface area contributed by atoms with Gasteiger partial charge in [0.05, 0.1) is 0 Å². The van der Waals surface area contributed by atoms with Gasteiger partial charge in [-0.15, -0.1) is 0 Å². The summed E-state index contributed by atoms with van der Waals surface area (Å²) in [5.74, 6) is 3.47. The monoisotopic (exact) mass is 459 g/mol. The fourth-order valence-electron chi connectivity index (χ4n) is 4.47. The summed E-state index contributed by atoms with van der Waals surface area (Å²) in [6, 6.07) is 8.41. The molecule has 6 nitrogen and oxygen atoms in total.